The highest BCUT2D eigenvalue weighted by atomic mass is 35.5. The number of halogens is 2. The van der Waals surface area contributed by atoms with E-state index in [2.05, 4.69) is 15.4 Å². The van der Waals surface area contributed by atoms with E-state index in [1.54, 1.807) is 36.3 Å². The fourth-order valence-electron chi connectivity index (χ4n) is 3.52. The van der Waals surface area contributed by atoms with Crippen molar-refractivity contribution in [1.29, 1.82) is 0 Å². The lowest BCUT2D eigenvalue weighted by Gasteiger charge is -2.19. The summed E-state index contributed by atoms with van der Waals surface area (Å²) in [5.41, 5.74) is 2.12. The summed E-state index contributed by atoms with van der Waals surface area (Å²) in [5.74, 6) is -0.998. The van der Waals surface area contributed by atoms with Crippen LogP contribution in [0, 0.1) is 6.92 Å². The van der Waals surface area contributed by atoms with Gasteiger partial charge < -0.3 is 14.8 Å². The maximum absolute atomic E-state index is 13.1. The minimum absolute atomic E-state index is 0.0299. The lowest BCUT2D eigenvalue weighted by atomic mass is 10.0. The lowest BCUT2D eigenvalue weighted by Crippen LogP contribution is -2.14. The zero-order valence-electron chi connectivity index (χ0n) is 17.3. The van der Waals surface area contributed by atoms with E-state index in [0.717, 1.165) is 5.56 Å². The smallest absolute Gasteiger partial charge is 0.356 e. The van der Waals surface area contributed by atoms with Crippen molar-refractivity contribution in [1.82, 2.24) is 14.8 Å². The molecule has 0 aliphatic heterocycles. The zero-order chi connectivity index (χ0) is 23.2. The van der Waals surface area contributed by atoms with Gasteiger partial charge in [0.1, 0.15) is 15.8 Å². The molecule has 3 heterocycles. The van der Waals surface area contributed by atoms with Crippen molar-refractivity contribution in [2.45, 2.75) is 19.9 Å². The van der Waals surface area contributed by atoms with Gasteiger partial charge in [0.05, 0.1) is 28.9 Å². The van der Waals surface area contributed by atoms with Gasteiger partial charge in [-0.1, -0.05) is 29.3 Å². The van der Waals surface area contributed by atoms with Crippen molar-refractivity contribution in [2.24, 2.45) is 7.05 Å². The summed E-state index contributed by atoms with van der Waals surface area (Å²) in [6.07, 6.45) is 3.26. The first-order valence-corrected chi connectivity index (χ1v) is 10.3. The van der Waals surface area contributed by atoms with Gasteiger partial charge in [-0.2, -0.15) is 5.10 Å². The first-order chi connectivity index (χ1) is 15.2. The van der Waals surface area contributed by atoms with E-state index < -0.39 is 12.0 Å². The molecular formula is C22H18Cl2N4O4. The summed E-state index contributed by atoms with van der Waals surface area (Å²) in [6, 6.07) is 6.18. The molecule has 10 heteroatoms. The molecule has 32 heavy (non-hydrogen) atoms. The van der Waals surface area contributed by atoms with Crippen LogP contribution in [-0.2, 0) is 7.05 Å². The number of aromatic carboxylic acids is 1. The molecule has 0 bridgehead atoms. The zero-order valence-corrected chi connectivity index (χ0v) is 18.8. The van der Waals surface area contributed by atoms with Crippen LogP contribution in [0.1, 0.15) is 34.6 Å². The molecule has 0 saturated heterocycles. The Bertz CT molecular complexity index is 1430. The van der Waals surface area contributed by atoms with Crippen LogP contribution in [0.25, 0.3) is 22.3 Å². The summed E-state index contributed by atoms with van der Waals surface area (Å²) in [6.45, 7) is 3.68. The highest BCUT2D eigenvalue weighted by molar-refractivity contribution is 6.33. The van der Waals surface area contributed by atoms with Gasteiger partial charge in [0.2, 0.25) is 5.43 Å². The van der Waals surface area contributed by atoms with Gasteiger partial charge in [0, 0.05) is 18.8 Å². The lowest BCUT2D eigenvalue weighted by molar-refractivity contribution is 0.0691. The maximum Gasteiger partial charge on any atom is 0.356 e. The topological polar surface area (TPSA) is 110 Å². The summed E-state index contributed by atoms with van der Waals surface area (Å²) < 4.78 is 7.72. The molecule has 8 nitrogen and oxygen atoms in total. The number of aromatic nitrogens is 3. The Morgan fingerprint density at radius 3 is 2.69 bits per heavy atom. The number of hydrogen-bond acceptors (Lipinski definition) is 6. The second-order valence-electron chi connectivity index (χ2n) is 7.41. The van der Waals surface area contributed by atoms with Crippen LogP contribution in [0.2, 0.25) is 10.2 Å². The molecule has 0 aliphatic carbocycles. The van der Waals surface area contributed by atoms with Gasteiger partial charge in [-0.25, -0.2) is 9.78 Å². The molecule has 1 aromatic carbocycles. The third-order valence-electron chi connectivity index (χ3n) is 4.98. The van der Waals surface area contributed by atoms with Gasteiger partial charge in [0.15, 0.2) is 11.5 Å². The van der Waals surface area contributed by atoms with Crippen molar-refractivity contribution in [3.8, 4) is 11.3 Å². The molecular weight excluding hydrogens is 455 g/mol. The highest BCUT2D eigenvalue weighted by Crippen LogP contribution is 2.34. The molecule has 1 atom stereocenters. The fraction of sp³-hybridized carbons (Fsp3) is 0.182. The number of nitrogens with one attached hydrogen (secondary N) is 1. The predicted octanol–water partition coefficient (Wildman–Crippen LogP) is 5.08. The number of fused-ring (bicyclic) bond motifs is 1. The molecule has 4 rings (SSSR count). The third kappa shape index (κ3) is 3.94. The number of pyridine rings is 1. The van der Waals surface area contributed by atoms with E-state index in [4.69, 9.17) is 27.6 Å². The summed E-state index contributed by atoms with van der Waals surface area (Å²) in [5, 5.41) is 17.1. The van der Waals surface area contributed by atoms with Crippen molar-refractivity contribution in [2.75, 3.05) is 5.32 Å². The van der Waals surface area contributed by atoms with Crippen molar-refractivity contribution < 1.29 is 14.3 Å². The van der Waals surface area contributed by atoms with Crippen molar-refractivity contribution in [3.05, 3.63) is 73.9 Å². The number of carboxylic acids is 1. The Labute approximate surface area is 192 Å². The predicted molar refractivity (Wildman–Crippen MR) is 123 cm³/mol. The SMILES string of the molecule is Cc1cc(C(C)Nc2ccc(Cl)nc2C(=O)O)c2oc(-c3cnn(C)c3)c(Cl)c(=O)c2c1. The number of aryl methyl sites for hydroxylation is 2. The van der Waals surface area contributed by atoms with Crippen molar-refractivity contribution >= 4 is 45.8 Å². The molecule has 0 radical (unpaired) electrons. The number of anilines is 1. The first-order valence-electron chi connectivity index (χ1n) is 9.58. The van der Waals surface area contributed by atoms with Crippen LogP contribution in [0.5, 0.6) is 0 Å². The number of nitrogens with zero attached hydrogens (tertiary/aromatic N) is 3. The summed E-state index contributed by atoms with van der Waals surface area (Å²) in [7, 11) is 1.75. The van der Waals surface area contributed by atoms with Crippen LogP contribution in [0.15, 0.2) is 45.9 Å². The van der Waals surface area contributed by atoms with Gasteiger partial charge in [-0.3, -0.25) is 9.48 Å². The summed E-state index contributed by atoms with van der Waals surface area (Å²) in [4.78, 5) is 28.5. The first kappa shape index (κ1) is 21.9. The van der Waals surface area contributed by atoms with E-state index in [1.165, 1.54) is 6.07 Å². The molecule has 0 spiro atoms. The molecule has 4 aromatic rings. The molecule has 0 saturated carbocycles. The number of carboxylic acid groups (broad SMARTS) is 1. The van der Waals surface area contributed by atoms with Crippen LogP contribution in [0.3, 0.4) is 0 Å². The second kappa shape index (κ2) is 8.29. The fourth-order valence-corrected chi connectivity index (χ4v) is 3.92. The number of hydrogen-bond donors (Lipinski definition) is 2. The van der Waals surface area contributed by atoms with E-state index >= 15 is 0 Å². The molecule has 2 N–H and O–H groups in total. The van der Waals surface area contributed by atoms with Gasteiger partial charge in [-0.15, -0.1) is 0 Å². The molecule has 0 amide bonds. The largest absolute Gasteiger partial charge is 0.476 e. The Kier molecular flexibility index (Phi) is 5.66. The molecule has 0 aliphatic rings. The molecule has 0 fully saturated rings. The quantitative estimate of drug-likeness (QED) is 0.389. The molecule has 1 unspecified atom stereocenters. The minimum atomic E-state index is -1.21. The average molecular weight is 473 g/mol. The van der Waals surface area contributed by atoms with E-state index in [-0.39, 0.29) is 32.7 Å². The van der Waals surface area contributed by atoms with Crippen molar-refractivity contribution in [3.63, 3.8) is 0 Å². The number of carbonyl (C=O) groups is 1. The van der Waals surface area contributed by atoms with Gasteiger partial charge >= 0.3 is 5.97 Å². The Hall–Kier alpha value is -3.36. The van der Waals surface area contributed by atoms with E-state index in [0.29, 0.717) is 22.1 Å². The second-order valence-corrected chi connectivity index (χ2v) is 8.17. The van der Waals surface area contributed by atoms with Crippen LogP contribution >= 0.6 is 23.2 Å². The minimum Gasteiger partial charge on any atom is -0.476 e. The monoisotopic (exact) mass is 472 g/mol. The number of benzene rings is 1. The summed E-state index contributed by atoms with van der Waals surface area (Å²) >= 11 is 12.2. The maximum atomic E-state index is 13.1. The highest BCUT2D eigenvalue weighted by Gasteiger charge is 2.22. The number of rotatable bonds is 5. The van der Waals surface area contributed by atoms with Crippen LogP contribution in [-0.4, -0.2) is 25.8 Å². The standard InChI is InChI=1S/C22H18Cl2N4O4/c1-10-6-13(11(2)26-15-4-5-16(23)27-18(15)22(30)31)21-14(7-10)19(29)17(24)20(32-21)12-8-25-28(3)9-12/h4-9,11,26H,1-3H3,(H,30,31). The normalized spacial score (nSPS) is 12.2. The molecule has 164 valence electrons. The van der Waals surface area contributed by atoms with Crippen LogP contribution in [0.4, 0.5) is 5.69 Å². The van der Waals surface area contributed by atoms with E-state index in [1.807, 2.05) is 19.9 Å². The Balaban J connectivity index is 1.88. The van der Waals surface area contributed by atoms with E-state index in [9.17, 15) is 14.7 Å². The van der Waals surface area contributed by atoms with Crippen LogP contribution < -0.4 is 10.7 Å². The Morgan fingerprint density at radius 1 is 1.28 bits per heavy atom. The molecule has 3 aromatic heterocycles. The average Bonchev–Trinajstić information content (AvgIpc) is 3.17. The third-order valence-corrected chi connectivity index (χ3v) is 5.53. The van der Waals surface area contributed by atoms with Gasteiger partial charge in [-0.05, 0) is 37.6 Å². The van der Waals surface area contributed by atoms with Gasteiger partial charge in [0.25, 0.3) is 0 Å². The Morgan fingerprint density at radius 2 is 2.03 bits per heavy atom.